The Kier molecular flexibility index (Phi) is 6.38. The molecule has 0 bridgehead atoms. The summed E-state index contributed by atoms with van der Waals surface area (Å²) >= 11 is 0. The minimum Gasteiger partial charge on any atom is -0.383 e. The molecule has 1 unspecified atom stereocenters. The van der Waals surface area contributed by atoms with Gasteiger partial charge >= 0.3 is 0 Å². The number of nitrogens with zero attached hydrogens (tertiary/aromatic N) is 1. The van der Waals surface area contributed by atoms with Crippen LogP contribution in [-0.4, -0.2) is 44.3 Å². The van der Waals surface area contributed by atoms with Gasteiger partial charge in [0, 0.05) is 18.8 Å². The standard InChI is InChI=1S/C13H26N2O/c1-8-9-12(13(3,4)15(5)6)14-11(2)10-16-7/h8-9,11,14H,1,10H2,2-7H3/b12-9-. The Labute approximate surface area is 100 Å². The van der Waals surface area contributed by atoms with Crippen LogP contribution in [0.3, 0.4) is 0 Å². The molecular weight excluding hydrogens is 200 g/mol. The van der Waals surface area contributed by atoms with E-state index in [1.165, 1.54) is 0 Å². The molecule has 16 heavy (non-hydrogen) atoms. The Balaban J connectivity index is 4.76. The van der Waals surface area contributed by atoms with E-state index >= 15 is 0 Å². The summed E-state index contributed by atoms with van der Waals surface area (Å²) in [5, 5.41) is 3.46. The first-order valence-corrected chi connectivity index (χ1v) is 5.62. The molecule has 0 rings (SSSR count). The molecule has 0 saturated heterocycles. The summed E-state index contributed by atoms with van der Waals surface area (Å²) in [6, 6.07) is 0.287. The second-order valence-corrected chi connectivity index (χ2v) is 4.77. The number of rotatable bonds is 7. The highest BCUT2D eigenvalue weighted by molar-refractivity contribution is 5.20. The van der Waals surface area contributed by atoms with Crippen molar-refractivity contribution in [2.75, 3.05) is 27.8 Å². The zero-order valence-electron chi connectivity index (χ0n) is 11.5. The zero-order chi connectivity index (χ0) is 12.8. The van der Waals surface area contributed by atoms with Gasteiger partial charge in [-0.25, -0.2) is 0 Å². The van der Waals surface area contributed by atoms with Gasteiger partial charge < -0.3 is 10.1 Å². The summed E-state index contributed by atoms with van der Waals surface area (Å²) in [7, 11) is 5.85. The van der Waals surface area contributed by atoms with E-state index in [1.54, 1.807) is 7.11 Å². The largest absolute Gasteiger partial charge is 0.383 e. The van der Waals surface area contributed by atoms with Crippen LogP contribution in [0.4, 0.5) is 0 Å². The van der Waals surface area contributed by atoms with E-state index in [0.29, 0.717) is 6.61 Å². The average Bonchev–Trinajstić information content (AvgIpc) is 2.17. The summed E-state index contributed by atoms with van der Waals surface area (Å²) < 4.78 is 5.13. The summed E-state index contributed by atoms with van der Waals surface area (Å²) in [5.41, 5.74) is 1.10. The SMILES string of the molecule is C=C/C=C(\NC(C)COC)C(C)(C)N(C)C. The van der Waals surface area contributed by atoms with Gasteiger partial charge in [0.15, 0.2) is 0 Å². The van der Waals surface area contributed by atoms with E-state index in [9.17, 15) is 0 Å². The predicted octanol–water partition coefficient (Wildman–Crippen LogP) is 2.02. The molecule has 0 saturated carbocycles. The minimum atomic E-state index is -0.0454. The topological polar surface area (TPSA) is 24.5 Å². The lowest BCUT2D eigenvalue weighted by Crippen LogP contribution is -2.47. The van der Waals surface area contributed by atoms with Gasteiger partial charge in [-0.15, -0.1) is 0 Å². The molecule has 0 aromatic rings. The molecule has 0 aromatic heterocycles. The number of likely N-dealkylation sites (N-methyl/N-ethyl adjacent to an activating group) is 1. The number of methoxy groups -OCH3 is 1. The molecule has 0 spiro atoms. The lowest BCUT2D eigenvalue weighted by Gasteiger charge is -2.37. The van der Waals surface area contributed by atoms with Crippen molar-refractivity contribution in [1.29, 1.82) is 0 Å². The van der Waals surface area contributed by atoms with Crippen LogP contribution in [0.15, 0.2) is 24.4 Å². The van der Waals surface area contributed by atoms with E-state index in [-0.39, 0.29) is 11.6 Å². The number of ether oxygens (including phenoxy) is 1. The van der Waals surface area contributed by atoms with E-state index < -0.39 is 0 Å². The molecule has 3 nitrogen and oxygen atoms in total. The summed E-state index contributed by atoms with van der Waals surface area (Å²) in [5.74, 6) is 0. The smallest absolute Gasteiger partial charge is 0.0661 e. The lowest BCUT2D eigenvalue weighted by molar-refractivity contribution is 0.165. The molecule has 0 amide bonds. The van der Waals surface area contributed by atoms with Crippen molar-refractivity contribution in [3.63, 3.8) is 0 Å². The number of hydrogen-bond acceptors (Lipinski definition) is 3. The summed E-state index contributed by atoms with van der Waals surface area (Å²) in [6.07, 6.45) is 3.83. The van der Waals surface area contributed by atoms with E-state index in [2.05, 4.69) is 51.7 Å². The number of nitrogens with one attached hydrogen (secondary N) is 1. The van der Waals surface area contributed by atoms with Gasteiger partial charge in [-0.1, -0.05) is 12.7 Å². The van der Waals surface area contributed by atoms with Crippen LogP contribution in [0.2, 0.25) is 0 Å². The normalized spacial score (nSPS) is 15.1. The van der Waals surface area contributed by atoms with E-state index in [4.69, 9.17) is 4.74 Å². The average molecular weight is 226 g/mol. The van der Waals surface area contributed by atoms with Crippen molar-refractivity contribution in [3.05, 3.63) is 24.4 Å². The lowest BCUT2D eigenvalue weighted by atomic mass is 9.97. The summed E-state index contributed by atoms with van der Waals surface area (Å²) in [6.45, 7) is 10.9. The third-order valence-electron chi connectivity index (χ3n) is 2.88. The van der Waals surface area contributed by atoms with E-state index in [1.807, 2.05) is 12.2 Å². The fraction of sp³-hybridized carbons (Fsp3) is 0.692. The molecule has 1 atom stereocenters. The van der Waals surface area contributed by atoms with Gasteiger partial charge in [0.2, 0.25) is 0 Å². The Morgan fingerprint density at radius 1 is 1.50 bits per heavy atom. The van der Waals surface area contributed by atoms with Crippen LogP contribution in [0.25, 0.3) is 0 Å². The first-order chi connectivity index (χ1) is 7.36. The fourth-order valence-electron chi connectivity index (χ4n) is 1.34. The van der Waals surface area contributed by atoms with Crippen molar-refractivity contribution in [2.24, 2.45) is 0 Å². The Morgan fingerprint density at radius 2 is 2.06 bits per heavy atom. The highest BCUT2D eigenvalue weighted by Gasteiger charge is 2.26. The maximum absolute atomic E-state index is 5.13. The molecule has 1 N–H and O–H groups in total. The highest BCUT2D eigenvalue weighted by Crippen LogP contribution is 2.19. The van der Waals surface area contributed by atoms with Gasteiger partial charge in [0.1, 0.15) is 0 Å². The summed E-state index contributed by atoms with van der Waals surface area (Å²) in [4.78, 5) is 2.18. The molecule has 0 aliphatic rings. The first kappa shape index (κ1) is 15.2. The molecule has 94 valence electrons. The quantitative estimate of drug-likeness (QED) is 0.672. The molecular formula is C13H26N2O. The van der Waals surface area contributed by atoms with Crippen molar-refractivity contribution >= 4 is 0 Å². The molecule has 0 aliphatic carbocycles. The van der Waals surface area contributed by atoms with Crippen LogP contribution >= 0.6 is 0 Å². The Hall–Kier alpha value is -0.800. The minimum absolute atomic E-state index is 0.0454. The molecule has 0 heterocycles. The first-order valence-electron chi connectivity index (χ1n) is 5.62. The van der Waals surface area contributed by atoms with Gasteiger partial charge in [-0.2, -0.15) is 0 Å². The van der Waals surface area contributed by atoms with Crippen LogP contribution in [0.1, 0.15) is 20.8 Å². The van der Waals surface area contributed by atoms with Crippen LogP contribution < -0.4 is 5.32 Å². The third kappa shape index (κ3) is 4.37. The second-order valence-electron chi connectivity index (χ2n) is 4.77. The van der Waals surface area contributed by atoms with Gasteiger partial charge in [0.05, 0.1) is 12.1 Å². The Bertz CT molecular complexity index is 244. The van der Waals surface area contributed by atoms with Gasteiger partial charge in [0.25, 0.3) is 0 Å². The van der Waals surface area contributed by atoms with Crippen LogP contribution in [0, 0.1) is 0 Å². The molecule has 3 heteroatoms. The maximum Gasteiger partial charge on any atom is 0.0661 e. The van der Waals surface area contributed by atoms with Gasteiger partial charge in [-0.05, 0) is 40.9 Å². The van der Waals surface area contributed by atoms with Crippen LogP contribution in [-0.2, 0) is 4.74 Å². The predicted molar refractivity (Wildman–Crippen MR) is 70.5 cm³/mol. The van der Waals surface area contributed by atoms with Gasteiger partial charge in [-0.3, -0.25) is 4.90 Å². The Morgan fingerprint density at radius 3 is 2.44 bits per heavy atom. The maximum atomic E-state index is 5.13. The zero-order valence-corrected chi connectivity index (χ0v) is 11.5. The van der Waals surface area contributed by atoms with Crippen molar-refractivity contribution < 1.29 is 4.74 Å². The monoisotopic (exact) mass is 226 g/mol. The van der Waals surface area contributed by atoms with E-state index in [0.717, 1.165) is 5.70 Å². The molecule has 0 fully saturated rings. The number of allylic oxidation sites excluding steroid dienone is 2. The second kappa shape index (κ2) is 6.71. The van der Waals surface area contributed by atoms with Crippen molar-refractivity contribution in [1.82, 2.24) is 10.2 Å². The van der Waals surface area contributed by atoms with Crippen LogP contribution in [0.5, 0.6) is 0 Å². The number of hydrogen-bond donors (Lipinski definition) is 1. The fourth-order valence-corrected chi connectivity index (χ4v) is 1.34. The van der Waals surface area contributed by atoms with Crippen molar-refractivity contribution in [3.8, 4) is 0 Å². The molecule has 0 radical (unpaired) electrons. The molecule has 0 aliphatic heterocycles. The van der Waals surface area contributed by atoms with Crippen molar-refractivity contribution in [2.45, 2.75) is 32.4 Å². The highest BCUT2D eigenvalue weighted by atomic mass is 16.5. The molecule has 0 aromatic carbocycles. The third-order valence-corrected chi connectivity index (χ3v) is 2.88.